The largest absolute Gasteiger partial charge is 0.0622 e. The maximum Gasteiger partial charge on any atom is -0.0266 e. The lowest BCUT2D eigenvalue weighted by Gasteiger charge is -2.56. The van der Waals surface area contributed by atoms with Crippen molar-refractivity contribution in [2.75, 3.05) is 0 Å². The molecule has 5 unspecified atom stereocenters. The fourth-order valence-corrected chi connectivity index (χ4v) is 4.78. The van der Waals surface area contributed by atoms with Crippen molar-refractivity contribution in [3.8, 4) is 0 Å². The molecule has 0 aromatic heterocycles. The van der Waals surface area contributed by atoms with Crippen LogP contribution in [0.15, 0.2) is 0 Å². The third-order valence-corrected chi connectivity index (χ3v) is 6.45. The Kier molecular flexibility index (Phi) is 3.38. The maximum absolute atomic E-state index is 2.61. The van der Waals surface area contributed by atoms with Crippen LogP contribution >= 0.6 is 0 Å². The molecule has 2 fully saturated rings. The van der Waals surface area contributed by atoms with Crippen LogP contribution in [0.3, 0.4) is 0 Å². The van der Waals surface area contributed by atoms with Gasteiger partial charge in [0.1, 0.15) is 0 Å². The molecular weight excluding hydrogens is 204 g/mol. The van der Waals surface area contributed by atoms with Gasteiger partial charge in [-0.3, -0.25) is 0 Å². The molecule has 17 heavy (non-hydrogen) atoms. The molecular formula is C17H32. The lowest BCUT2D eigenvalue weighted by atomic mass is 9.49. The first-order chi connectivity index (χ1) is 7.75. The standard InChI is InChI=1S/C17H32/c1-12-7-8-13(2)17(6)11-14(16(3,4)5)9-10-15(12)17/h12-15H,7-11H2,1-6H3. The summed E-state index contributed by atoms with van der Waals surface area (Å²) in [4.78, 5) is 0. The first-order valence-corrected chi connectivity index (χ1v) is 7.75. The van der Waals surface area contributed by atoms with E-state index in [0.717, 1.165) is 23.7 Å². The van der Waals surface area contributed by atoms with E-state index in [1.54, 1.807) is 0 Å². The molecule has 100 valence electrons. The first-order valence-electron chi connectivity index (χ1n) is 7.75. The van der Waals surface area contributed by atoms with Crippen LogP contribution in [0, 0.1) is 34.5 Å². The van der Waals surface area contributed by atoms with Crippen molar-refractivity contribution in [2.45, 2.75) is 73.6 Å². The van der Waals surface area contributed by atoms with Crippen LogP contribution in [0.5, 0.6) is 0 Å². The van der Waals surface area contributed by atoms with Gasteiger partial charge in [-0.05, 0) is 60.2 Å². The van der Waals surface area contributed by atoms with E-state index in [0.29, 0.717) is 10.8 Å². The molecule has 0 bridgehead atoms. The molecule has 2 aliphatic carbocycles. The second-order valence-corrected chi connectivity index (χ2v) is 8.41. The summed E-state index contributed by atoms with van der Waals surface area (Å²) in [5.74, 6) is 3.85. The van der Waals surface area contributed by atoms with Crippen molar-refractivity contribution in [1.29, 1.82) is 0 Å². The van der Waals surface area contributed by atoms with E-state index in [-0.39, 0.29) is 0 Å². The summed E-state index contributed by atoms with van der Waals surface area (Å²) in [5.41, 5.74) is 1.14. The lowest BCUT2D eigenvalue weighted by Crippen LogP contribution is -2.47. The zero-order valence-electron chi connectivity index (χ0n) is 12.8. The van der Waals surface area contributed by atoms with E-state index in [1.165, 1.54) is 32.1 Å². The van der Waals surface area contributed by atoms with Gasteiger partial charge >= 0.3 is 0 Å². The second kappa shape index (κ2) is 4.28. The monoisotopic (exact) mass is 236 g/mol. The van der Waals surface area contributed by atoms with E-state index in [1.807, 2.05) is 0 Å². The van der Waals surface area contributed by atoms with Crippen LogP contribution < -0.4 is 0 Å². The van der Waals surface area contributed by atoms with Gasteiger partial charge in [0.25, 0.3) is 0 Å². The Balaban J connectivity index is 2.20. The molecule has 0 spiro atoms. The highest BCUT2D eigenvalue weighted by Crippen LogP contribution is 2.58. The van der Waals surface area contributed by atoms with Gasteiger partial charge in [0, 0.05) is 0 Å². The molecule has 2 saturated carbocycles. The third kappa shape index (κ3) is 2.29. The summed E-state index contributed by atoms with van der Waals surface area (Å²) in [6, 6.07) is 0. The number of hydrogen-bond donors (Lipinski definition) is 0. The van der Waals surface area contributed by atoms with E-state index >= 15 is 0 Å². The Bertz CT molecular complexity index is 272. The van der Waals surface area contributed by atoms with Gasteiger partial charge in [0.05, 0.1) is 0 Å². The summed E-state index contributed by atoms with van der Waals surface area (Å²) in [7, 11) is 0. The van der Waals surface area contributed by atoms with E-state index < -0.39 is 0 Å². The van der Waals surface area contributed by atoms with Crippen molar-refractivity contribution in [3.63, 3.8) is 0 Å². The van der Waals surface area contributed by atoms with Gasteiger partial charge in [-0.25, -0.2) is 0 Å². The minimum absolute atomic E-state index is 0.508. The molecule has 0 nitrogen and oxygen atoms in total. The van der Waals surface area contributed by atoms with Gasteiger partial charge in [0.2, 0.25) is 0 Å². The molecule has 0 aromatic rings. The highest BCUT2D eigenvalue weighted by molar-refractivity contribution is 4.99. The van der Waals surface area contributed by atoms with Crippen molar-refractivity contribution in [3.05, 3.63) is 0 Å². The van der Waals surface area contributed by atoms with Crippen LogP contribution in [-0.2, 0) is 0 Å². The molecule has 0 heterocycles. The summed E-state index contributed by atoms with van der Waals surface area (Å²) in [5, 5.41) is 0. The molecule has 0 heteroatoms. The van der Waals surface area contributed by atoms with E-state index in [2.05, 4.69) is 41.5 Å². The predicted molar refractivity (Wildman–Crippen MR) is 76.0 cm³/mol. The molecule has 5 atom stereocenters. The van der Waals surface area contributed by atoms with Crippen LogP contribution in [0.2, 0.25) is 0 Å². The molecule has 2 aliphatic rings. The van der Waals surface area contributed by atoms with Crippen LogP contribution in [0.4, 0.5) is 0 Å². The average molecular weight is 236 g/mol. The predicted octanol–water partition coefficient (Wildman–Crippen LogP) is 5.52. The SMILES string of the molecule is CC1CCC(C)C2(C)CC(C(C)(C)C)CCC12. The normalized spacial score (nSPS) is 47.6. The highest BCUT2D eigenvalue weighted by Gasteiger charge is 2.49. The van der Waals surface area contributed by atoms with Crippen molar-refractivity contribution < 1.29 is 0 Å². The Hall–Kier alpha value is 0. The Labute approximate surface area is 109 Å². The van der Waals surface area contributed by atoms with Gasteiger partial charge in [-0.2, -0.15) is 0 Å². The van der Waals surface area contributed by atoms with E-state index in [4.69, 9.17) is 0 Å². The number of fused-ring (bicyclic) bond motifs is 1. The lowest BCUT2D eigenvalue weighted by molar-refractivity contribution is -0.0645. The highest BCUT2D eigenvalue weighted by atomic mass is 14.5. The Morgan fingerprint density at radius 3 is 2.18 bits per heavy atom. The summed E-state index contributed by atoms with van der Waals surface area (Å²) in [6.45, 7) is 15.0. The topological polar surface area (TPSA) is 0 Å². The third-order valence-electron chi connectivity index (χ3n) is 6.45. The van der Waals surface area contributed by atoms with Crippen molar-refractivity contribution >= 4 is 0 Å². The minimum Gasteiger partial charge on any atom is -0.0622 e. The molecule has 0 radical (unpaired) electrons. The van der Waals surface area contributed by atoms with Crippen LogP contribution in [-0.4, -0.2) is 0 Å². The first kappa shape index (κ1) is 13.4. The maximum atomic E-state index is 2.61. The second-order valence-electron chi connectivity index (χ2n) is 8.41. The van der Waals surface area contributed by atoms with Crippen LogP contribution in [0.1, 0.15) is 73.6 Å². The number of hydrogen-bond acceptors (Lipinski definition) is 0. The average Bonchev–Trinajstić information content (AvgIpc) is 2.22. The summed E-state index contributed by atoms with van der Waals surface area (Å²) >= 11 is 0. The summed E-state index contributed by atoms with van der Waals surface area (Å²) < 4.78 is 0. The quantitative estimate of drug-likeness (QED) is 0.519. The molecule has 0 aliphatic heterocycles. The molecule has 0 saturated heterocycles. The van der Waals surface area contributed by atoms with Gasteiger partial charge in [0.15, 0.2) is 0 Å². The number of rotatable bonds is 0. The Morgan fingerprint density at radius 2 is 1.59 bits per heavy atom. The zero-order valence-corrected chi connectivity index (χ0v) is 12.8. The fourth-order valence-electron chi connectivity index (χ4n) is 4.78. The molecule has 0 N–H and O–H groups in total. The zero-order chi connectivity index (χ0) is 12.8. The van der Waals surface area contributed by atoms with Gasteiger partial charge in [-0.15, -0.1) is 0 Å². The van der Waals surface area contributed by atoms with Crippen molar-refractivity contribution in [1.82, 2.24) is 0 Å². The molecule has 0 amide bonds. The molecule has 0 aromatic carbocycles. The minimum atomic E-state index is 0.508. The fraction of sp³-hybridized carbons (Fsp3) is 1.00. The van der Waals surface area contributed by atoms with E-state index in [9.17, 15) is 0 Å². The van der Waals surface area contributed by atoms with Gasteiger partial charge < -0.3 is 0 Å². The smallest absolute Gasteiger partial charge is 0.0266 e. The molecule has 2 rings (SSSR count). The van der Waals surface area contributed by atoms with Crippen LogP contribution in [0.25, 0.3) is 0 Å². The Morgan fingerprint density at radius 1 is 0.941 bits per heavy atom. The van der Waals surface area contributed by atoms with Gasteiger partial charge in [-0.1, -0.05) is 48.0 Å². The van der Waals surface area contributed by atoms with Crippen molar-refractivity contribution in [2.24, 2.45) is 34.5 Å². The summed E-state index contributed by atoms with van der Waals surface area (Å²) in [6.07, 6.45) is 7.38.